The van der Waals surface area contributed by atoms with Crippen LogP contribution in [0.5, 0.6) is 0 Å². The molecule has 2 heterocycles. The van der Waals surface area contributed by atoms with E-state index < -0.39 is 0 Å². The molecule has 1 saturated heterocycles. The summed E-state index contributed by atoms with van der Waals surface area (Å²) in [5.74, 6) is 0. The Morgan fingerprint density at radius 1 is 1.26 bits per heavy atom. The minimum Gasteiger partial charge on any atom is -0.346 e. The van der Waals surface area contributed by atoms with Crippen LogP contribution in [0.25, 0.3) is 0 Å². The van der Waals surface area contributed by atoms with Gasteiger partial charge in [0.15, 0.2) is 0 Å². The number of nitrogens with zero attached hydrogens (tertiary/aromatic N) is 2. The molecule has 0 amide bonds. The third-order valence-electron chi connectivity index (χ3n) is 4.77. The third kappa shape index (κ3) is 2.46. The van der Waals surface area contributed by atoms with Gasteiger partial charge in [-0.05, 0) is 44.7 Å². The minimum atomic E-state index is 0.612. The van der Waals surface area contributed by atoms with E-state index in [1.165, 1.54) is 43.7 Å². The molecule has 3 rings (SSSR count). The number of aromatic nitrogens is 1. The van der Waals surface area contributed by atoms with Crippen LogP contribution < -0.4 is 5.32 Å². The van der Waals surface area contributed by atoms with E-state index in [4.69, 9.17) is 0 Å². The van der Waals surface area contributed by atoms with Crippen molar-refractivity contribution in [1.82, 2.24) is 14.8 Å². The molecule has 2 fully saturated rings. The highest BCUT2D eigenvalue weighted by molar-refractivity contribution is 5.31. The van der Waals surface area contributed by atoms with Gasteiger partial charge in [0, 0.05) is 49.7 Å². The minimum absolute atomic E-state index is 0.612. The summed E-state index contributed by atoms with van der Waals surface area (Å²) >= 11 is 0. The van der Waals surface area contributed by atoms with Gasteiger partial charge in [0.2, 0.25) is 0 Å². The molecule has 106 valence electrons. The Labute approximate surface area is 117 Å². The smallest absolute Gasteiger partial charge is 0.0364 e. The molecule has 3 nitrogen and oxygen atoms in total. The topological polar surface area (TPSA) is 20.2 Å². The van der Waals surface area contributed by atoms with E-state index in [1.807, 2.05) is 0 Å². The van der Waals surface area contributed by atoms with Crippen molar-refractivity contribution >= 4 is 0 Å². The lowest BCUT2D eigenvalue weighted by molar-refractivity contribution is 0.169. The molecule has 1 atom stereocenters. The average molecular weight is 261 g/mol. The maximum absolute atomic E-state index is 3.46. The molecule has 2 aliphatic rings. The highest BCUT2D eigenvalue weighted by atomic mass is 15.2. The summed E-state index contributed by atoms with van der Waals surface area (Å²) in [6, 6.07) is 3.86. The van der Waals surface area contributed by atoms with E-state index in [2.05, 4.69) is 41.6 Å². The van der Waals surface area contributed by atoms with Gasteiger partial charge in [0.05, 0.1) is 0 Å². The predicted octanol–water partition coefficient (Wildman–Crippen LogP) is 2.80. The third-order valence-corrected chi connectivity index (χ3v) is 4.77. The summed E-state index contributed by atoms with van der Waals surface area (Å²) < 4.78 is 2.58. The van der Waals surface area contributed by atoms with E-state index >= 15 is 0 Å². The first-order valence-electron chi connectivity index (χ1n) is 7.85. The van der Waals surface area contributed by atoms with Crippen LogP contribution in [0.15, 0.2) is 6.07 Å². The number of nitrogens with one attached hydrogen (secondary N) is 1. The molecule has 3 heteroatoms. The monoisotopic (exact) mass is 261 g/mol. The molecule has 1 aliphatic heterocycles. The molecule has 1 saturated carbocycles. The molecule has 1 aliphatic carbocycles. The molecule has 0 bridgehead atoms. The van der Waals surface area contributed by atoms with Crippen LogP contribution in [0.2, 0.25) is 0 Å². The molecule has 1 unspecified atom stereocenters. The molecule has 0 aromatic carbocycles. The highest BCUT2D eigenvalue weighted by Crippen LogP contribution is 2.40. The number of aryl methyl sites for hydroxylation is 1. The highest BCUT2D eigenvalue weighted by Gasteiger charge is 2.30. The summed E-state index contributed by atoms with van der Waals surface area (Å²) in [6.45, 7) is 11.6. The van der Waals surface area contributed by atoms with Crippen molar-refractivity contribution in [2.45, 2.75) is 52.1 Å². The van der Waals surface area contributed by atoms with Crippen molar-refractivity contribution in [3.05, 3.63) is 23.0 Å². The SMILES string of the molecule is CCC(c1cc(C)n(C2CC2)c1C)N1CCNCC1. The fraction of sp³-hybridized carbons (Fsp3) is 0.750. The zero-order chi connectivity index (χ0) is 13.4. The first-order chi connectivity index (χ1) is 9.22. The number of piperazine rings is 1. The maximum Gasteiger partial charge on any atom is 0.0364 e. The van der Waals surface area contributed by atoms with E-state index in [1.54, 1.807) is 5.56 Å². The molecule has 19 heavy (non-hydrogen) atoms. The Morgan fingerprint density at radius 3 is 2.53 bits per heavy atom. The van der Waals surface area contributed by atoms with Crippen LogP contribution in [0.1, 0.15) is 55.2 Å². The predicted molar refractivity (Wildman–Crippen MR) is 79.7 cm³/mol. The largest absolute Gasteiger partial charge is 0.346 e. The van der Waals surface area contributed by atoms with Crippen LogP contribution >= 0.6 is 0 Å². The fourth-order valence-electron chi connectivity index (χ4n) is 3.70. The summed E-state index contributed by atoms with van der Waals surface area (Å²) in [4.78, 5) is 2.66. The van der Waals surface area contributed by atoms with Gasteiger partial charge in [0.1, 0.15) is 0 Å². The first-order valence-corrected chi connectivity index (χ1v) is 7.85. The van der Waals surface area contributed by atoms with E-state index in [0.717, 1.165) is 19.1 Å². The van der Waals surface area contributed by atoms with E-state index in [0.29, 0.717) is 6.04 Å². The lowest BCUT2D eigenvalue weighted by Crippen LogP contribution is -2.45. The molecule has 0 spiro atoms. The van der Waals surface area contributed by atoms with Crippen molar-refractivity contribution in [3.8, 4) is 0 Å². The van der Waals surface area contributed by atoms with E-state index in [9.17, 15) is 0 Å². The first kappa shape index (κ1) is 13.2. The maximum atomic E-state index is 3.46. The number of hydrogen-bond donors (Lipinski definition) is 1. The molecular formula is C16H27N3. The number of rotatable bonds is 4. The Kier molecular flexibility index (Phi) is 3.68. The zero-order valence-electron chi connectivity index (χ0n) is 12.6. The molecular weight excluding hydrogens is 234 g/mol. The van der Waals surface area contributed by atoms with Gasteiger partial charge in [-0.3, -0.25) is 4.90 Å². The summed E-state index contributed by atoms with van der Waals surface area (Å²) in [5, 5.41) is 3.46. The standard InChI is InChI=1S/C16H27N3/c1-4-16(18-9-7-17-8-10-18)15-11-12(2)19(13(15)3)14-5-6-14/h11,14,16-17H,4-10H2,1-3H3. The normalized spacial score (nSPS) is 22.7. The van der Waals surface area contributed by atoms with Crippen molar-refractivity contribution < 1.29 is 0 Å². The number of hydrogen-bond acceptors (Lipinski definition) is 2. The van der Waals surface area contributed by atoms with Crippen molar-refractivity contribution in [3.63, 3.8) is 0 Å². The van der Waals surface area contributed by atoms with Crippen LogP contribution in [-0.4, -0.2) is 35.6 Å². The van der Waals surface area contributed by atoms with Crippen LogP contribution in [-0.2, 0) is 0 Å². The Hall–Kier alpha value is -0.800. The molecule has 1 aromatic heterocycles. The second-order valence-electron chi connectivity index (χ2n) is 6.14. The Morgan fingerprint density at radius 2 is 1.95 bits per heavy atom. The second kappa shape index (κ2) is 5.29. The quantitative estimate of drug-likeness (QED) is 0.899. The van der Waals surface area contributed by atoms with Crippen LogP contribution in [0, 0.1) is 13.8 Å². The van der Waals surface area contributed by atoms with Gasteiger partial charge in [-0.2, -0.15) is 0 Å². The van der Waals surface area contributed by atoms with Gasteiger partial charge in [-0.25, -0.2) is 0 Å². The Balaban J connectivity index is 1.88. The molecule has 1 N–H and O–H groups in total. The van der Waals surface area contributed by atoms with Gasteiger partial charge in [-0.1, -0.05) is 6.92 Å². The molecule has 1 aromatic rings. The summed E-state index contributed by atoms with van der Waals surface area (Å²) in [6.07, 6.45) is 3.97. The van der Waals surface area contributed by atoms with Crippen LogP contribution in [0.3, 0.4) is 0 Å². The Bertz CT molecular complexity index is 439. The van der Waals surface area contributed by atoms with Gasteiger partial charge < -0.3 is 9.88 Å². The van der Waals surface area contributed by atoms with E-state index in [-0.39, 0.29) is 0 Å². The second-order valence-corrected chi connectivity index (χ2v) is 6.14. The fourth-order valence-corrected chi connectivity index (χ4v) is 3.70. The zero-order valence-corrected chi connectivity index (χ0v) is 12.6. The van der Waals surface area contributed by atoms with Crippen molar-refractivity contribution in [1.29, 1.82) is 0 Å². The van der Waals surface area contributed by atoms with Gasteiger partial charge in [0.25, 0.3) is 0 Å². The van der Waals surface area contributed by atoms with Gasteiger partial charge in [-0.15, -0.1) is 0 Å². The lowest BCUT2D eigenvalue weighted by atomic mass is 10.0. The summed E-state index contributed by atoms with van der Waals surface area (Å²) in [7, 11) is 0. The van der Waals surface area contributed by atoms with Gasteiger partial charge >= 0.3 is 0 Å². The van der Waals surface area contributed by atoms with Crippen molar-refractivity contribution in [2.75, 3.05) is 26.2 Å². The molecule has 0 radical (unpaired) electrons. The van der Waals surface area contributed by atoms with Crippen molar-refractivity contribution in [2.24, 2.45) is 0 Å². The van der Waals surface area contributed by atoms with Crippen LogP contribution in [0.4, 0.5) is 0 Å². The average Bonchev–Trinajstić information content (AvgIpc) is 3.20. The summed E-state index contributed by atoms with van der Waals surface area (Å²) in [5.41, 5.74) is 4.56. The lowest BCUT2D eigenvalue weighted by Gasteiger charge is -2.34.